The number of aromatic amines is 1. The molecular formula is C20H27N9O. The molecule has 10 heteroatoms. The van der Waals surface area contributed by atoms with Crippen molar-refractivity contribution < 1.29 is 4.52 Å². The average molecular weight is 409 g/mol. The van der Waals surface area contributed by atoms with E-state index < -0.39 is 0 Å². The van der Waals surface area contributed by atoms with Gasteiger partial charge in [-0.25, -0.2) is 0 Å². The molecule has 0 atom stereocenters. The van der Waals surface area contributed by atoms with Gasteiger partial charge in [-0.15, -0.1) is 0 Å². The number of piperazine rings is 1. The lowest BCUT2D eigenvalue weighted by atomic mass is 10.3. The molecule has 1 saturated carbocycles. The number of H-pyrrole nitrogens is 1. The summed E-state index contributed by atoms with van der Waals surface area (Å²) in [6, 6.07) is 5.96. The van der Waals surface area contributed by atoms with Gasteiger partial charge in [0.1, 0.15) is 11.6 Å². The third kappa shape index (κ3) is 4.38. The lowest BCUT2D eigenvalue weighted by Gasteiger charge is -2.33. The van der Waals surface area contributed by atoms with Gasteiger partial charge in [-0.2, -0.15) is 15.1 Å². The van der Waals surface area contributed by atoms with Crippen LogP contribution in [0.25, 0.3) is 0 Å². The number of rotatable bonds is 7. The van der Waals surface area contributed by atoms with Crippen LogP contribution in [0.15, 0.2) is 22.7 Å². The minimum absolute atomic E-state index is 0.473. The van der Waals surface area contributed by atoms with Crippen molar-refractivity contribution in [1.29, 1.82) is 0 Å². The highest BCUT2D eigenvalue weighted by atomic mass is 16.5. The largest absolute Gasteiger partial charge is 0.359 e. The van der Waals surface area contributed by atoms with Crippen LogP contribution in [-0.4, -0.2) is 63.4 Å². The first-order valence-corrected chi connectivity index (χ1v) is 10.4. The zero-order chi connectivity index (χ0) is 20.5. The topological polar surface area (TPSA) is 111 Å². The Morgan fingerprint density at radius 3 is 2.67 bits per heavy atom. The Morgan fingerprint density at radius 1 is 1.10 bits per heavy atom. The molecule has 5 rings (SSSR count). The Balaban J connectivity index is 1.36. The fraction of sp³-hybridized carbons (Fsp3) is 0.500. The third-order valence-electron chi connectivity index (χ3n) is 5.51. The van der Waals surface area contributed by atoms with Crippen molar-refractivity contribution in [2.45, 2.75) is 32.2 Å². The molecule has 0 aromatic carbocycles. The Morgan fingerprint density at radius 2 is 1.93 bits per heavy atom. The van der Waals surface area contributed by atoms with Gasteiger partial charge in [0, 0.05) is 56.0 Å². The molecule has 3 N–H and O–H groups in total. The van der Waals surface area contributed by atoms with E-state index in [0.717, 1.165) is 49.3 Å². The standard InChI is InChI=1S/C20H27N9O/c1-13-9-15(30-27-13)12-21-20-23-17(22-18-10-16(25-26-18)14-3-4-14)11-19(24-20)29-7-5-28(2)6-8-29/h9-11,14H,3-8,12H2,1-2H3,(H3,21,22,23,24,25,26). The summed E-state index contributed by atoms with van der Waals surface area (Å²) in [6.07, 6.45) is 2.47. The molecule has 30 heavy (non-hydrogen) atoms. The molecule has 3 aromatic rings. The molecule has 2 aliphatic rings. The van der Waals surface area contributed by atoms with Crippen molar-refractivity contribution in [3.8, 4) is 0 Å². The summed E-state index contributed by atoms with van der Waals surface area (Å²) in [5.74, 6) is 4.30. The maximum absolute atomic E-state index is 5.29. The number of likely N-dealkylation sites (N-methyl/N-ethyl adjacent to an activating group) is 1. The molecule has 4 heterocycles. The van der Waals surface area contributed by atoms with Gasteiger partial charge in [-0.1, -0.05) is 5.16 Å². The quantitative estimate of drug-likeness (QED) is 0.542. The van der Waals surface area contributed by atoms with E-state index in [2.05, 4.69) is 53.9 Å². The van der Waals surface area contributed by atoms with Crippen LogP contribution in [0.2, 0.25) is 0 Å². The van der Waals surface area contributed by atoms with Gasteiger partial charge in [0.2, 0.25) is 5.95 Å². The molecule has 0 unspecified atom stereocenters. The number of nitrogens with one attached hydrogen (secondary N) is 3. The number of hydrogen-bond donors (Lipinski definition) is 3. The van der Waals surface area contributed by atoms with E-state index in [0.29, 0.717) is 24.2 Å². The van der Waals surface area contributed by atoms with E-state index in [4.69, 9.17) is 9.51 Å². The SMILES string of the molecule is Cc1cc(CNc2nc(Nc3cc(C4CC4)[nH]n3)cc(N3CCN(C)CC3)n2)on1. The molecule has 158 valence electrons. The summed E-state index contributed by atoms with van der Waals surface area (Å²) < 4.78 is 5.29. The second kappa shape index (κ2) is 7.94. The zero-order valence-electron chi connectivity index (χ0n) is 17.4. The van der Waals surface area contributed by atoms with E-state index in [1.807, 2.05) is 19.1 Å². The van der Waals surface area contributed by atoms with Gasteiger partial charge in [0.05, 0.1) is 12.2 Å². The van der Waals surface area contributed by atoms with Crippen LogP contribution in [0.1, 0.15) is 35.9 Å². The van der Waals surface area contributed by atoms with Crippen molar-refractivity contribution in [3.05, 3.63) is 35.3 Å². The molecule has 0 amide bonds. The summed E-state index contributed by atoms with van der Waals surface area (Å²) in [4.78, 5) is 14.0. The predicted molar refractivity (Wildman–Crippen MR) is 114 cm³/mol. The van der Waals surface area contributed by atoms with Crippen molar-refractivity contribution in [2.24, 2.45) is 0 Å². The van der Waals surface area contributed by atoms with E-state index in [1.165, 1.54) is 18.5 Å². The highest BCUT2D eigenvalue weighted by molar-refractivity contribution is 5.60. The minimum Gasteiger partial charge on any atom is -0.359 e. The first-order valence-electron chi connectivity index (χ1n) is 10.4. The Labute approximate surface area is 175 Å². The van der Waals surface area contributed by atoms with Gasteiger partial charge in [0.15, 0.2) is 11.6 Å². The van der Waals surface area contributed by atoms with Gasteiger partial charge < -0.3 is 25.0 Å². The summed E-state index contributed by atoms with van der Waals surface area (Å²) in [6.45, 7) is 6.26. The van der Waals surface area contributed by atoms with E-state index in [9.17, 15) is 0 Å². The molecule has 1 saturated heterocycles. The average Bonchev–Trinajstić information content (AvgIpc) is 3.35. The van der Waals surface area contributed by atoms with Crippen LogP contribution in [0, 0.1) is 6.92 Å². The zero-order valence-corrected chi connectivity index (χ0v) is 17.4. The van der Waals surface area contributed by atoms with Gasteiger partial charge in [-0.05, 0) is 26.8 Å². The monoisotopic (exact) mass is 409 g/mol. The molecular weight excluding hydrogens is 382 g/mol. The summed E-state index contributed by atoms with van der Waals surface area (Å²) in [5, 5.41) is 18.0. The Bertz CT molecular complexity index is 1000. The molecule has 0 bridgehead atoms. The highest BCUT2D eigenvalue weighted by Gasteiger charge is 2.25. The number of nitrogens with zero attached hydrogens (tertiary/aromatic N) is 6. The number of hydrogen-bond acceptors (Lipinski definition) is 9. The van der Waals surface area contributed by atoms with Crippen LogP contribution in [0.3, 0.4) is 0 Å². The fourth-order valence-electron chi connectivity index (χ4n) is 3.58. The first kappa shape index (κ1) is 18.9. The number of anilines is 4. The second-order valence-electron chi connectivity index (χ2n) is 8.12. The molecule has 1 aliphatic carbocycles. The molecule has 0 spiro atoms. The predicted octanol–water partition coefficient (Wildman–Crippen LogP) is 2.48. The maximum atomic E-state index is 5.29. The van der Waals surface area contributed by atoms with E-state index in [1.54, 1.807) is 0 Å². The smallest absolute Gasteiger partial charge is 0.227 e. The molecule has 2 fully saturated rings. The van der Waals surface area contributed by atoms with Crippen molar-refractivity contribution in [3.63, 3.8) is 0 Å². The molecule has 3 aromatic heterocycles. The summed E-state index contributed by atoms with van der Waals surface area (Å²) in [7, 11) is 2.14. The fourth-order valence-corrected chi connectivity index (χ4v) is 3.58. The summed E-state index contributed by atoms with van der Waals surface area (Å²) in [5.41, 5.74) is 2.04. The van der Waals surface area contributed by atoms with E-state index in [-0.39, 0.29) is 0 Å². The van der Waals surface area contributed by atoms with Crippen molar-refractivity contribution in [2.75, 3.05) is 48.8 Å². The number of aromatic nitrogens is 5. The second-order valence-corrected chi connectivity index (χ2v) is 8.12. The third-order valence-corrected chi connectivity index (χ3v) is 5.51. The van der Waals surface area contributed by atoms with Crippen LogP contribution in [0.4, 0.5) is 23.4 Å². The van der Waals surface area contributed by atoms with Crippen LogP contribution in [0.5, 0.6) is 0 Å². The molecule has 0 radical (unpaired) electrons. The van der Waals surface area contributed by atoms with Gasteiger partial charge in [0.25, 0.3) is 0 Å². The maximum Gasteiger partial charge on any atom is 0.227 e. The van der Waals surface area contributed by atoms with Crippen molar-refractivity contribution in [1.82, 2.24) is 30.2 Å². The van der Waals surface area contributed by atoms with Crippen LogP contribution >= 0.6 is 0 Å². The van der Waals surface area contributed by atoms with Crippen molar-refractivity contribution >= 4 is 23.4 Å². The lowest BCUT2D eigenvalue weighted by molar-refractivity contribution is 0.312. The van der Waals surface area contributed by atoms with Gasteiger partial charge >= 0.3 is 0 Å². The molecule has 1 aliphatic heterocycles. The number of aryl methyl sites for hydroxylation is 1. The Kier molecular flexibility index (Phi) is 4.99. The lowest BCUT2D eigenvalue weighted by Crippen LogP contribution is -2.44. The van der Waals surface area contributed by atoms with Crippen LogP contribution < -0.4 is 15.5 Å². The minimum atomic E-state index is 0.473. The van der Waals surface area contributed by atoms with Gasteiger partial charge in [-0.3, -0.25) is 5.10 Å². The van der Waals surface area contributed by atoms with Crippen LogP contribution in [-0.2, 0) is 6.54 Å². The Hall–Kier alpha value is -3.14. The summed E-state index contributed by atoms with van der Waals surface area (Å²) >= 11 is 0. The molecule has 10 nitrogen and oxygen atoms in total. The van der Waals surface area contributed by atoms with E-state index >= 15 is 0 Å². The first-order chi connectivity index (χ1) is 14.6. The highest BCUT2D eigenvalue weighted by Crippen LogP contribution is 2.39. The normalized spacial score (nSPS) is 17.3.